The summed E-state index contributed by atoms with van der Waals surface area (Å²) in [4.78, 5) is 11.7. The van der Waals surface area contributed by atoms with E-state index in [1.165, 1.54) is 0 Å². The standard InChI is InChI=1S/C14H17ClN4O2/c1-18(2)17-14(20)9-19-7-6-12(16-19)11-8-10(15)4-5-13(11)21-3/h4-8H,9H2,1-3H3,(H,17,20). The van der Waals surface area contributed by atoms with Gasteiger partial charge < -0.3 is 4.74 Å². The smallest absolute Gasteiger partial charge is 0.255 e. The summed E-state index contributed by atoms with van der Waals surface area (Å²) in [5, 5.41) is 6.57. The normalized spacial score (nSPS) is 10.7. The third-order valence-electron chi connectivity index (χ3n) is 2.73. The number of aromatic nitrogens is 2. The number of ether oxygens (including phenoxy) is 1. The van der Waals surface area contributed by atoms with E-state index < -0.39 is 0 Å². The van der Waals surface area contributed by atoms with Gasteiger partial charge in [-0.3, -0.25) is 14.9 Å². The first-order valence-corrected chi connectivity index (χ1v) is 6.71. The minimum absolute atomic E-state index is 0.140. The molecule has 1 aromatic carbocycles. The van der Waals surface area contributed by atoms with Crippen LogP contribution in [0.25, 0.3) is 11.3 Å². The molecule has 0 spiro atoms. The Hall–Kier alpha value is -2.05. The second-order valence-corrected chi connectivity index (χ2v) is 5.11. The Morgan fingerprint density at radius 1 is 1.43 bits per heavy atom. The zero-order valence-corrected chi connectivity index (χ0v) is 12.9. The van der Waals surface area contributed by atoms with Gasteiger partial charge >= 0.3 is 0 Å². The fourth-order valence-corrected chi connectivity index (χ4v) is 2.08. The van der Waals surface area contributed by atoms with Crippen LogP contribution in [0.3, 0.4) is 0 Å². The van der Waals surface area contributed by atoms with Crippen LogP contribution in [-0.4, -0.2) is 41.9 Å². The fourth-order valence-electron chi connectivity index (χ4n) is 1.91. The maximum atomic E-state index is 11.7. The van der Waals surface area contributed by atoms with E-state index in [4.69, 9.17) is 16.3 Å². The van der Waals surface area contributed by atoms with E-state index in [1.807, 2.05) is 6.07 Å². The molecular formula is C14H17ClN4O2. The van der Waals surface area contributed by atoms with E-state index >= 15 is 0 Å². The average Bonchev–Trinajstić information content (AvgIpc) is 2.85. The van der Waals surface area contributed by atoms with E-state index in [2.05, 4.69) is 10.5 Å². The number of nitrogens with one attached hydrogen (secondary N) is 1. The molecule has 0 atom stereocenters. The molecule has 0 unspecified atom stereocenters. The van der Waals surface area contributed by atoms with Gasteiger partial charge in [-0.05, 0) is 24.3 Å². The molecule has 1 aromatic heterocycles. The van der Waals surface area contributed by atoms with Crippen molar-refractivity contribution >= 4 is 17.5 Å². The summed E-state index contributed by atoms with van der Waals surface area (Å²) in [5.41, 5.74) is 4.15. The first kappa shape index (κ1) is 15.3. The monoisotopic (exact) mass is 308 g/mol. The molecule has 0 saturated heterocycles. The Morgan fingerprint density at radius 3 is 2.86 bits per heavy atom. The highest BCUT2D eigenvalue weighted by Gasteiger charge is 2.11. The van der Waals surface area contributed by atoms with E-state index in [1.54, 1.807) is 55.3 Å². The third-order valence-corrected chi connectivity index (χ3v) is 2.97. The molecule has 1 amide bonds. The van der Waals surface area contributed by atoms with Gasteiger partial charge in [0, 0.05) is 30.9 Å². The Labute approximate surface area is 128 Å². The summed E-state index contributed by atoms with van der Waals surface area (Å²) in [6.07, 6.45) is 1.74. The van der Waals surface area contributed by atoms with Crippen LogP contribution >= 0.6 is 11.6 Å². The van der Waals surface area contributed by atoms with Crippen LogP contribution < -0.4 is 10.2 Å². The molecule has 112 valence electrons. The summed E-state index contributed by atoms with van der Waals surface area (Å²) in [6, 6.07) is 7.14. The van der Waals surface area contributed by atoms with Gasteiger partial charge in [-0.25, -0.2) is 5.01 Å². The summed E-state index contributed by atoms with van der Waals surface area (Å²) < 4.78 is 6.87. The number of carbonyl (C=O) groups is 1. The number of carbonyl (C=O) groups excluding carboxylic acids is 1. The van der Waals surface area contributed by atoms with Crippen molar-refractivity contribution in [2.24, 2.45) is 0 Å². The molecular weight excluding hydrogens is 292 g/mol. The van der Waals surface area contributed by atoms with Crippen molar-refractivity contribution in [2.45, 2.75) is 6.54 Å². The van der Waals surface area contributed by atoms with Gasteiger partial charge in [0.2, 0.25) is 0 Å². The number of hydrogen-bond acceptors (Lipinski definition) is 4. The lowest BCUT2D eigenvalue weighted by Gasteiger charge is -2.11. The molecule has 1 N–H and O–H groups in total. The summed E-state index contributed by atoms with van der Waals surface area (Å²) >= 11 is 6.01. The minimum Gasteiger partial charge on any atom is -0.496 e. The van der Waals surface area contributed by atoms with Crippen molar-refractivity contribution in [3.8, 4) is 17.0 Å². The van der Waals surface area contributed by atoms with Crippen molar-refractivity contribution in [2.75, 3.05) is 21.2 Å². The van der Waals surface area contributed by atoms with Gasteiger partial charge in [0.25, 0.3) is 5.91 Å². The van der Waals surface area contributed by atoms with Gasteiger partial charge in [-0.15, -0.1) is 0 Å². The van der Waals surface area contributed by atoms with Crippen molar-refractivity contribution in [3.05, 3.63) is 35.5 Å². The Morgan fingerprint density at radius 2 is 2.19 bits per heavy atom. The molecule has 2 aromatic rings. The first-order chi connectivity index (χ1) is 9.99. The molecule has 21 heavy (non-hydrogen) atoms. The molecule has 0 aliphatic rings. The highest BCUT2D eigenvalue weighted by molar-refractivity contribution is 6.30. The van der Waals surface area contributed by atoms with Gasteiger partial charge in [-0.1, -0.05) is 11.6 Å². The Kier molecular flexibility index (Phi) is 4.82. The highest BCUT2D eigenvalue weighted by Crippen LogP contribution is 2.31. The number of benzene rings is 1. The van der Waals surface area contributed by atoms with Crippen LogP contribution in [-0.2, 0) is 11.3 Å². The molecule has 2 rings (SSSR count). The minimum atomic E-state index is -0.146. The summed E-state index contributed by atoms with van der Waals surface area (Å²) in [7, 11) is 5.10. The van der Waals surface area contributed by atoms with E-state index in [0.717, 1.165) is 5.56 Å². The fraction of sp³-hybridized carbons (Fsp3) is 0.286. The number of halogens is 1. The van der Waals surface area contributed by atoms with Crippen LogP contribution in [0, 0.1) is 0 Å². The lowest BCUT2D eigenvalue weighted by atomic mass is 10.1. The Bertz CT molecular complexity index is 640. The second kappa shape index (κ2) is 6.60. The Balaban J connectivity index is 2.20. The van der Waals surface area contributed by atoms with Crippen molar-refractivity contribution in [1.29, 1.82) is 0 Å². The first-order valence-electron chi connectivity index (χ1n) is 6.34. The van der Waals surface area contributed by atoms with E-state index in [9.17, 15) is 4.79 Å². The van der Waals surface area contributed by atoms with Crippen molar-refractivity contribution in [1.82, 2.24) is 20.2 Å². The van der Waals surface area contributed by atoms with Crippen LogP contribution in [0.2, 0.25) is 5.02 Å². The predicted molar refractivity (Wildman–Crippen MR) is 81.1 cm³/mol. The highest BCUT2D eigenvalue weighted by atomic mass is 35.5. The topological polar surface area (TPSA) is 59.4 Å². The number of hydrogen-bond donors (Lipinski definition) is 1. The van der Waals surface area contributed by atoms with Crippen LogP contribution in [0.15, 0.2) is 30.5 Å². The van der Waals surface area contributed by atoms with Crippen molar-refractivity contribution in [3.63, 3.8) is 0 Å². The molecule has 0 fully saturated rings. The summed E-state index contributed by atoms with van der Waals surface area (Å²) in [5.74, 6) is 0.537. The molecule has 0 saturated carbocycles. The lowest BCUT2D eigenvalue weighted by molar-refractivity contribution is -0.125. The molecule has 0 aliphatic carbocycles. The number of nitrogens with zero attached hydrogens (tertiary/aromatic N) is 3. The molecule has 7 heteroatoms. The number of hydrazine groups is 1. The number of amides is 1. The molecule has 1 heterocycles. The number of rotatable bonds is 5. The van der Waals surface area contributed by atoms with Gasteiger partial charge in [0.05, 0.1) is 12.8 Å². The third kappa shape index (κ3) is 3.96. The zero-order chi connectivity index (χ0) is 15.4. The number of methoxy groups -OCH3 is 1. The zero-order valence-electron chi connectivity index (χ0n) is 12.1. The predicted octanol–water partition coefficient (Wildman–Crippen LogP) is 1.80. The lowest BCUT2D eigenvalue weighted by Crippen LogP contribution is -2.38. The van der Waals surface area contributed by atoms with Gasteiger partial charge in [0.15, 0.2) is 0 Å². The van der Waals surface area contributed by atoms with Crippen LogP contribution in [0.1, 0.15) is 0 Å². The quantitative estimate of drug-likeness (QED) is 0.856. The molecule has 0 aliphatic heterocycles. The maximum Gasteiger partial charge on any atom is 0.255 e. The van der Waals surface area contributed by atoms with Gasteiger partial charge in [0.1, 0.15) is 12.3 Å². The SMILES string of the molecule is COc1ccc(Cl)cc1-c1ccn(CC(=O)NN(C)C)n1. The van der Waals surface area contributed by atoms with Crippen LogP contribution in [0.4, 0.5) is 0 Å². The molecule has 0 radical (unpaired) electrons. The maximum absolute atomic E-state index is 11.7. The van der Waals surface area contributed by atoms with Crippen molar-refractivity contribution < 1.29 is 9.53 Å². The largest absolute Gasteiger partial charge is 0.496 e. The molecule has 6 nitrogen and oxygen atoms in total. The summed E-state index contributed by atoms with van der Waals surface area (Å²) in [6.45, 7) is 0.140. The van der Waals surface area contributed by atoms with E-state index in [-0.39, 0.29) is 12.5 Å². The van der Waals surface area contributed by atoms with E-state index in [0.29, 0.717) is 16.5 Å². The van der Waals surface area contributed by atoms with Gasteiger partial charge in [-0.2, -0.15) is 5.10 Å². The van der Waals surface area contributed by atoms with Crippen LogP contribution in [0.5, 0.6) is 5.75 Å². The molecule has 0 bridgehead atoms. The second-order valence-electron chi connectivity index (χ2n) is 4.67. The average molecular weight is 309 g/mol.